The summed E-state index contributed by atoms with van der Waals surface area (Å²) in [6.45, 7) is 6.38. The van der Waals surface area contributed by atoms with Gasteiger partial charge in [-0.15, -0.1) is 0 Å². The quantitative estimate of drug-likeness (QED) is 0.885. The number of piperazine rings is 1. The van der Waals surface area contributed by atoms with E-state index < -0.39 is 0 Å². The first-order valence-corrected chi connectivity index (χ1v) is 8.45. The summed E-state index contributed by atoms with van der Waals surface area (Å²) in [5.41, 5.74) is 1.30. The fourth-order valence-corrected chi connectivity index (χ4v) is 3.09. The van der Waals surface area contributed by atoms with Crippen LogP contribution in [0.2, 0.25) is 0 Å². The zero-order valence-corrected chi connectivity index (χ0v) is 13.7. The Hall–Kier alpha value is -1.88. The van der Waals surface area contributed by atoms with E-state index in [9.17, 15) is 9.59 Å². The lowest BCUT2D eigenvalue weighted by atomic mass is 10.2. The van der Waals surface area contributed by atoms with E-state index in [4.69, 9.17) is 0 Å². The van der Waals surface area contributed by atoms with E-state index in [-0.39, 0.29) is 24.3 Å². The molecule has 1 aromatic carbocycles. The first kappa shape index (κ1) is 16.0. The number of hydrogen-bond acceptors (Lipinski definition) is 3. The summed E-state index contributed by atoms with van der Waals surface area (Å²) in [7, 11) is 0. The first-order chi connectivity index (χ1) is 11.1. The van der Waals surface area contributed by atoms with Crippen LogP contribution in [-0.2, 0) is 16.1 Å². The van der Waals surface area contributed by atoms with Gasteiger partial charge in [-0.1, -0.05) is 37.3 Å². The zero-order valence-electron chi connectivity index (χ0n) is 13.7. The Bertz CT molecular complexity index is 553. The van der Waals surface area contributed by atoms with Gasteiger partial charge in [-0.3, -0.25) is 14.5 Å². The summed E-state index contributed by atoms with van der Waals surface area (Å²) in [5, 5.41) is 2.78. The molecule has 2 amide bonds. The summed E-state index contributed by atoms with van der Waals surface area (Å²) < 4.78 is 0. The Morgan fingerprint density at radius 2 is 1.78 bits per heavy atom. The van der Waals surface area contributed by atoms with Crippen LogP contribution in [-0.4, -0.2) is 54.3 Å². The molecule has 1 aliphatic heterocycles. The smallest absolute Gasteiger partial charge is 0.242 e. The Morgan fingerprint density at radius 3 is 2.39 bits per heavy atom. The van der Waals surface area contributed by atoms with Gasteiger partial charge < -0.3 is 10.2 Å². The third-order valence-electron chi connectivity index (χ3n) is 4.83. The maximum Gasteiger partial charge on any atom is 0.242 e. The van der Waals surface area contributed by atoms with Crippen LogP contribution in [0.3, 0.4) is 0 Å². The second kappa shape index (κ2) is 7.13. The number of rotatable bonds is 5. The standard InChI is InChI=1S/C18H25N3O2/c1-14-11-16(14)18(23)19-12-17(22)21-9-7-20(8-10-21)13-15-5-3-2-4-6-15/h2-6,14,16H,7-13H2,1H3,(H,19,23)/t14-,16-/m0/s1. The van der Waals surface area contributed by atoms with Crippen molar-refractivity contribution in [2.45, 2.75) is 19.9 Å². The lowest BCUT2D eigenvalue weighted by Crippen LogP contribution is -2.51. The Balaban J connectivity index is 1.38. The number of nitrogens with zero attached hydrogens (tertiary/aromatic N) is 2. The highest BCUT2D eigenvalue weighted by Gasteiger charge is 2.39. The monoisotopic (exact) mass is 315 g/mol. The Kier molecular flexibility index (Phi) is 4.96. The minimum absolute atomic E-state index is 0.0333. The summed E-state index contributed by atoms with van der Waals surface area (Å²) in [4.78, 5) is 28.2. The fraction of sp³-hybridized carbons (Fsp3) is 0.556. The summed E-state index contributed by atoms with van der Waals surface area (Å²) in [6.07, 6.45) is 0.957. The second-order valence-electron chi connectivity index (χ2n) is 6.68. The largest absolute Gasteiger partial charge is 0.347 e. The molecule has 1 N–H and O–H groups in total. The number of benzene rings is 1. The van der Waals surface area contributed by atoms with Crippen molar-refractivity contribution >= 4 is 11.8 Å². The predicted octanol–water partition coefficient (Wildman–Crippen LogP) is 1.10. The van der Waals surface area contributed by atoms with E-state index in [0.29, 0.717) is 5.92 Å². The molecule has 0 bridgehead atoms. The van der Waals surface area contributed by atoms with Gasteiger partial charge in [0.15, 0.2) is 0 Å². The Labute approximate surface area is 137 Å². The van der Waals surface area contributed by atoms with Crippen LogP contribution in [0, 0.1) is 11.8 Å². The molecular formula is C18H25N3O2. The third kappa shape index (κ3) is 4.32. The molecule has 23 heavy (non-hydrogen) atoms. The molecular weight excluding hydrogens is 290 g/mol. The first-order valence-electron chi connectivity index (χ1n) is 8.45. The van der Waals surface area contributed by atoms with E-state index in [1.165, 1.54) is 5.56 Å². The molecule has 2 aliphatic rings. The Morgan fingerprint density at radius 1 is 1.13 bits per heavy atom. The molecule has 0 radical (unpaired) electrons. The summed E-state index contributed by atoms with van der Waals surface area (Å²) >= 11 is 0. The van der Waals surface area contributed by atoms with Gasteiger partial charge in [0, 0.05) is 38.6 Å². The van der Waals surface area contributed by atoms with E-state index in [2.05, 4.69) is 41.4 Å². The predicted molar refractivity (Wildman–Crippen MR) is 88.6 cm³/mol. The molecule has 3 rings (SSSR count). The third-order valence-corrected chi connectivity index (χ3v) is 4.83. The molecule has 1 saturated carbocycles. The number of carbonyl (C=O) groups is 2. The number of hydrogen-bond donors (Lipinski definition) is 1. The van der Waals surface area contributed by atoms with Gasteiger partial charge in [0.2, 0.25) is 11.8 Å². The molecule has 5 nitrogen and oxygen atoms in total. The van der Waals surface area contributed by atoms with Gasteiger partial charge in [-0.25, -0.2) is 0 Å². The second-order valence-corrected chi connectivity index (χ2v) is 6.68. The van der Waals surface area contributed by atoms with Crippen molar-refractivity contribution in [2.24, 2.45) is 11.8 Å². The van der Waals surface area contributed by atoms with Crippen molar-refractivity contribution < 1.29 is 9.59 Å². The average Bonchev–Trinajstić information content (AvgIpc) is 3.31. The van der Waals surface area contributed by atoms with Gasteiger partial charge in [0.25, 0.3) is 0 Å². The van der Waals surface area contributed by atoms with Gasteiger partial charge in [-0.05, 0) is 17.9 Å². The topological polar surface area (TPSA) is 52.7 Å². The van der Waals surface area contributed by atoms with Crippen LogP contribution in [0.25, 0.3) is 0 Å². The maximum absolute atomic E-state index is 12.2. The van der Waals surface area contributed by atoms with E-state index >= 15 is 0 Å². The molecule has 2 fully saturated rings. The molecule has 1 aromatic rings. The fourth-order valence-electron chi connectivity index (χ4n) is 3.09. The van der Waals surface area contributed by atoms with Crippen LogP contribution < -0.4 is 5.32 Å². The normalized spacial score (nSPS) is 24.3. The van der Waals surface area contributed by atoms with Crippen molar-refractivity contribution in [3.8, 4) is 0 Å². The lowest BCUT2D eigenvalue weighted by molar-refractivity contribution is -0.134. The van der Waals surface area contributed by atoms with Crippen LogP contribution in [0.15, 0.2) is 30.3 Å². The number of carbonyl (C=O) groups excluding carboxylic acids is 2. The van der Waals surface area contributed by atoms with Crippen molar-refractivity contribution in [3.63, 3.8) is 0 Å². The number of amides is 2. The minimum Gasteiger partial charge on any atom is -0.347 e. The van der Waals surface area contributed by atoms with Crippen molar-refractivity contribution in [3.05, 3.63) is 35.9 Å². The van der Waals surface area contributed by atoms with E-state index in [1.54, 1.807) is 0 Å². The molecule has 0 unspecified atom stereocenters. The van der Waals surface area contributed by atoms with Crippen LogP contribution in [0.4, 0.5) is 0 Å². The van der Waals surface area contributed by atoms with E-state index in [1.807, 2.05) is 11.0 Å². The van der Waals surface area contributed by atoms with Crippen molar-refractivity contribution in [1.29, 1.82) is 0 Å². The van der Waals surface area contributed by atoms with Crippen LogP contribution in [0.5, 0.6) is 0 Å². The van der Waals surface area contributed by atoms with E-state index in [0.717, 1.165) is 39.1 Å². The highest BCUT2D eigenvalue weighted by atomic mass is 16.2. The molecule has 124 valence electrons. The van der Waals surface area contributed by atoms with Gasteiger partial charge in [0.1, 0.15) is 0 Å². The summed E-state index contributed by atoms with van der Waals surface area (Å²) in [6, 6.07) is 10.4. The molecule has 1 saturated heterocycles. The van der Waals surface area contributed by atoms with Crippen molar-refractivity contribution in [1.82, 2.24) is 15.1 Å². The minimum atomic E-state index is 0.0333. The van der Waals surface area contributed by atoms with Gasteiger partial charge in [-0.2, -0.15) is 0 Å². The molecule has 5 heteroatoms. The van der Waals surface area contributed by atoms with Gasteiger partial charge in [0.05, 0.1) is 6.54 Å². The van der Waals surface area contributed by atoms with Crippen molar-refractivity contribution in [2.75, 3.05) is 32.7 Å². The molecule has 2 atom stereocenters. The molecule has 1 heterocycles. The van der Waals surface area contributed by atoms with Crippen LogP contribution >= 0.6 is 0 Å². The molecule has 1 aliphatic carbocycles. The van der Waals surface area contributed by atoms with Gasteiger partial charge >= 0.3 is 0 Å². The highest BCUT2D eigenvalue weighted by Crippen LogP contribution is 2.37. The number of nitrogens with one attached hydrogen (secondary N) is 1. The zero-order chi connectivity index (χ0) is 16.2. The lowest BCUT2D eigenvalue weighted by Gasteiger charge is -2.34. The highest BCUT2D eigenvalue weighted by molar-refractivity contribution is 5.87. The maximum atomic E-state index is 12.2. The molecule has 0 aromatic heterocycles. The summed E-state index contributed by atoms with van der Waals surface area (Å²) in [5.74, 6) is 0.678. The SMILES string of the molecule is C[C@H]1C[C@@H]1C(=O)NCC(=O)N1CCN(Cc2ccccc2)CC1. The van der Waals surface area contributed by atoms with Crippen LogP contribution in [0.1, 0.15) is 18.9 Å². The average molecular weight is 315 g/mol. The molecule has 0 spiro atoms.